The molecule has 0 saturated carbocycles. The van der Waals surface area contributed by atoms with E-state index in [4.69, 9.17) is 13.8 Å². The molecule has 7 heteroatoms. The first kappa shape index (κ1) is 15.0. The van der Waals surface area contributed by atoms with Crippen molar-refractivity contribution in [2.45, 2.75) is 26.4 Å². The molecule has 0 spiro atoms. The van der Waals surface area contributed by atoms with Crippen molar-refractivity contribution in [2.75, 3.05) is 26.4 Å². The van der Waals surface area contributed by atoms with Crippen molar-refractivity contribution in [3.8, 4) is 0 Å². The lowest BCUT2D eigenvalue weighted by Gasteiger charge is -2.31. The van der Waals surface area contributed by atoms with Gasteiger partial charge in [0.2, 0.25) is 0 Å². The molecule has 0 N–H and O–H groups in total. The van der Waals surface area contributed by atoms with E-state index >= 15 is 0 Å². The summed E-state index contributed by atoms with van der Waals surface area (Å²) in [6.07, 6.45) is 0. The highest BCUT2D eigenvalue weighted by Gasteiger charge is 2.61. The predicted molar refractivity (Wildman–Crippen MR) is 59.3 cm³/mol. The third-order valence-corrected chi connectivity index (χ3v) is 5.03. The van der Waals surface area contributed by atoms with Crippen molar-refractivity contribution < 1.29 is 27.1 Å². The SMILES string of the molecule is CCOP(=O)(OCC)C(F)(F)C1COCC1C. The summed E-state index contributed by atoms with van der Waals surface area (Å²) >= 11 is 0. The molecule has 1 fully saturated rings. The highest BCUT2D eigenvalue weighted by atomic mass is 31.2. The zero-order valence-electron chi connectivity index (χ0n) is 10.3. The molecule has 0 radical (unpaired) electrons. The lowest BCUT2D eigenvalue weighted by molar-refractivity contribution is -0.0246. The van der Waals surface area contributed by atoms with Crippen LogP contribution in [0.4, 0.5) is 8.78 Å². The minimum absolute atomic E-state index is 0.0746. The van der Waals surface area contributed by atoms with Gasteiger partial charge in [0, 0.05) is 6.61 Å². The number of halogens is 2. The zero-order chi connectivity index (χ0) is 13.1. The van der Waals surface area contributed by atoms with Crippen molar-refractivity contribution in [3.05, 3.63) is 0 Å². The van der Waals surface area contributed by atoms with E-state index in [-0.39, 0.29) is 32.3 Å². The second kappa shape index (κ2) is 5.74. The number of hydrogen-bond acceptors (Lipinski definition) is 4. The van der Waals surface area contributed by atoms with Crippen LogP contribution in [-0.2, 0) is 18.3 Å². The van der Waals surface area contributed by atoms with E-state index in [1.165, 1.54) is 13.8 Å². The van der Waals surface area contributed by atoms with Gasteiger partial charge in [-0.1, -0.05) is 6.92 Å². The van der Waals surface area contributed by atoms with Gasteiger partial charge in [0.15, 0.2) is 0 Å². The van der Waals surface area contributed by atoms with Crippen LogP contribution in [0.2, 0.25) is 0 Å². The van der Waals surface area contributed by atoms with Crippen molar-refractivity contribution in [2.24, 2.45) is 11.8 Å². The maximum Gasteiger partial charge on any atom is 0.399 e. The summed E-state index contributed by atoms with van der Waals surface area (Å²) in [4.78, 5) is 0. The molecule has 1 saturated heterocycles. The van der Waals surface area contributed by atoms with Crippen molar-refractivity contribution in [1.82, 2.24) is 0 Å². The fraction of sp³-hybridized carbons (Fsp3) is 1.00. The Morgan fingerprint density at radius 1 is 1.29 bits per heavy atom. The van der Waals surface area contributed by atoms with Gasteiger partial charge in [-0.05, 0) is 19.8 Å². The molecule has 0 aromatic carbocycles. The quantitative estimate of drug-likeness (QED) is 0.697. The monoisotopic (exact) mass is 272 g/mol. The second-order valence-corrected chi connectivity index (χ2v) is 6.15. The fourth-order valence-electron chi connectivity index (χ4n) is 1.86. The largest absolute Gasteiger partial charge is 0.399 e. The molecule has 1 heterocycles. The van der Waals surface area contributed by atoms with Gasteiger partial charge >= 0.3 is 13.3 Å². The summed E-state index contributed by atoms with van der Waals surface area (Å²) < 4.78 is 55.0. The molecule has 102 valence electrons. The second-order valence-electron chi connectivity index (χ2n) is 4.04. The molecule has 0 aromatic rings. The smallest absolute Gasteiger partial charge is 0.381 e. The molecular weight excluding hydrogens is 253 g/mol. The van der Waals surface area contributed by atoms with Gasteiger partial charge < -0.3 is 13.8 Å². The third kappa shape index (κ3) is 2.87. The molecule has 1 rings (SSSR count). The molecular formula is C10H19F2O4P. The first-order chi connectivity index (χ1) is 7.89. The van der Waals surface area contributed by atoms with Gasteiger partial charge in [0.25, 0.3) is 0 Å². The van der Waals surface area contributed by atoms with E-state index < -0.39 is 19.2 Å². The summed E-state index contributed by atoms with van der Waals surface area (Å²) in [6.45, 7) is 4.65. The molecule has 0 aromatic heterocycles. The molecule has 0 bridgehead atoms. The van der Waals surface area contributed by atoms with Crippen LogP contribution in [0.1, 0.15) is 20.8 Å². The Bertz CT molecular complexity index is 288. The van der Waals surface area contributed by atoms with Gasteiger partial charge in [-0.2, -0.15) is 8.78 Å². The Balaban J connectivity index is 2.94. The zero-order valence-corrected chi connectivity index (χ0v) is 11.2. The summed E-state index contributed by atoms with van der Waals surface area (Å²) in [5, 5.41) is 0. The van der Waals surface area contributed by atoms with E-state index in [2.05, 4.69) is 0 Å². The first-order valence-corrected chi connectivity index (χ1v) is 7.28. The average molecular weight is 272 g/mol. The minimum atomic E-state index is -4.42. The van der Waals surface area contributed by atoms with E-state index in [9.17, 15) is 13.3 Å². The lowest BCUT2D eigenvalue weighted by atomic mass is 9.99. The van der Waals surface area contributed by atoms with Gasteiger partial charge in [-0.25, -0.2) is 0 Å². The van der Waals surface area contributed by atoms with Crippen LogP contribution in [-0.4, -0.2) is 32.1 Å². The number of rotatable bonds is 6. The average Bonchev–Trinajstić information content (AvgIpc) is 2.65. The van der Waals surface area contributed by atoms with Crippen LogP contribution < -0.4 is 0 Å². The molecule has 2 atom stereocenters. The molecule has 1 aliphatic heterocycles. The van der Waals surface area contributed by atoms with Crippen LogP contribution in [0.25, 0.3) is 0 Å². The molecule has 17 heavy (non-hydrogen) atoms. The number of hydrogen-bond donors (Lipinski definition) is 0. The van der Waals surface area contributed by atoms with E-state index in [0.29, 0.717) is 0 Å². The molecule has 1 aliphatic rings. The Labute approximate surface area is 100 Å². The van der Waals surface area contributed by atoms with Crippen LogP contribution in [0, 0.1) is 11.8 Å². The molecule has 0 aliphatic carbocycles. The van der Waals surface area contributed by atoms with Gasteiger partial charge in [0.1, 0.15) is 0 Å². The molecule has 2 unspecified atom stereocenters. The Morgan fingerprint density at radius 2 is 1.82 bits per heavy atom. The minimum Gasteiger partial charge on any atom is -0.381 e. The summed E-state index contributed by atoms with van der Waals surface area (Å²) in [7, 11) is -4.42. The normalized spacial score (nSPS) is 26.4. The topological polar surface area (TPSA) is 44.8 Å². The first-order valence-electron chi connectivity index (χ1n) is 5.73. The Hall–Kier alpha value is -0.0300. The van der Waals surface area contributed by atoms with Gasteiger partial charge in [0.05, 0.1) is 25.7 Å². The van der Waals surface area contributed by atoms with Crippen LogP contribution in [0.3, 0.4) is 0 Å². The number of alkyl halides is 2. The van der Waals surface area contributed by atoms with Crippen LogP contribution >= 0.6 is 7.60 Å². The maximum atomic E-state index is 14.2. The van der Waals surface area contributed by atoms with Crippen molar-refractivity contribution >= 4 is 7.60 Å². The lowest BCUT2D eigenvalue weighted by Crippen LogP contribution is -2.34. The fourth-order valence-corrected chi connectivity index (χ4v) is 3.69. The van der Waals surface area contributed by atoms with Crippen LogP contribution in [0.15, 0.2) is 0 Å². The van der Waals surface area contributed by atoms with E-state index in [1.807, 2.05) is 0 Å². The van der Waals surface area contributed by atoms with E-state index in [0.717, 1.165) is 0 Å². The summed E-state index contributed by atoms with van der Waals surface area (Å²) in [5.74, 6) is -1.48. The van der Waals surface area contributed by atoms with Gasteiger partial charge in [-0.3, -0.25) is 4.57 Å². The standard InChI is InChI=1S/C10H19F2O4P/c1-4-15-17(13,16-5-2)10(11,12)9-7-14-6-8(9)3/h8-9H,4-7H2,1-3H3. The maximum absolute atomic E-state index is 14.2. The van der Waals surface area contributed by atoms with Crippen molar-refractivity contribution in [1.29, 1.82) is 0 Å². The predicted octanol–water partition coefficient (Wildman–Crippen LogP) is 3.13. The Kier molecular flexibility index (Phi) is 5.07. The van der Waals surface area contributed by atoms with E-state index in [1.54, 1.807) is 6.92 Å². The van der Waals surface area contributed by atoms with Crippen LogP contribution in [0.5, 0.6) is 0 Å². The summed E-state index contributed by atoms with van der Waals surface area (Å²) in [5.41, 5.74) is -3.51. The van der Waals surface area contributed by atoms with Crippen molar-refractivity contribution in [3.63, 3.8) is 0 Å². The Morgan fingerprint density at radius 3 is 2.18 bits per heavy atom. The molecule has 4 nitrogen and oxygen atoms in total. The third-order valence-electron chi connectivity index (χ3n) is 2.77. The number of ether oxygens (including phenoxy) is 1. The summed E-state index contributed by atoms with van der Waals surface area (Å²) in [6, 6.07) is 0. The highest BCUT2D eigenvalue weighted by molar-refractivity contribution is 7.55. The van der Waals surface area contributed by atoms with Gasteiger partial charge in [-0.15, -0.1) is 0 Å². The molecule has 0 amide bonds. The highest BCUT2D eigenvalue weighted by Crippen LogP contribution is 2.66.